The minimum Gasteiger partial charge on any atom is -0.385 e. The van der Waals surface area contributed by atoms with Crippen LogP contribution in [0, 0.1) is 18.3 Å². The van der Waals surface area contributed by atoms with E-state index in [-0.39, 0.29) is 0 Å². The normalized spacial score (nSPS) is 10.2. The third kappa shape index (κ3) is 3.49. The molecule has 0 saturated carbocycles. The molecule has 0 aliphatic heterocycles. The molecule has 0 amide bonds. The predicted octanol–water partition coefficient (Wildman–Crippen LogP) is 3.29. The largest absolute Gasteiger partial charge is 0.385 e. The van der Waals surface area contributed by atoms with Gasteiger partial charge in [0.05, 0.1) is 16.8 Å². The molecular formula is C14H15ClN4. The van der Waals surface area contributed by atoms with Gasteiger partial charge in [-0.05, 0) is 43.5 Å². The number of aromatic nitrogens is 2. The molecule has 1 aromatic carbocycles. The van der Waals surface area contributed by atoms with E-state index in [1.165, 1.54) is 5.56 Å². The van der Waals surface area contributed by atoms with Crippen LogP contribution in [-0.2, 0) is 6.42 Å². The van der Waals surface area contributed by atoms with Crippen molar-refractivity contribution in [3.8, 4) is 6.07 Å². The lowest BCUT2D eigenvalue weighted by atomic mass is 10.1. The Morgan fingerprint density at radius 1 is 1.47 bits per heavy atom. The fourth-order valence-corrected chi connectivity index (χ4v) is 2.08. The highest BCUT2D eigenvalue weighted by molar-refractivity contribution is 6.32. The van der Waals surface area contributed by atoms with Crippen molar-refractivity contribution in [3.05, 3.63) is 46.2 Å². The van der Waals surface area contributed by atoms with Gasteiger partial charge in [-0.2, -0.15) is 10.4 Å². The highest BCUT2D eigenvalue weighted by Gasteiger charge is 2.02. The molecule has 2 aromatic rings. The summed E-state index contributed by atoms with van der Waals surface area (Å²) in [5.41, 5.74) is 3.82. The molecular weight excluding hydrogens is 260 g/mol. The summed E-state index contributed by atoms with van der Waals surface area (Å²) in [7, 11) is 0. The number of benzene rings is 1. The van der Waals surface area contributed by atoms with Crippen molar-refractivity contribution >= 4 is 17.3 Å². The van der Waals surface area contributed by atoms with E-state index in [1.807, 2.05) is 25.3 Å². The number of nitriles is 1. The second kappa shape index (κ2) is 6.26. The monoisotopic (exact) mass is 274 g/mol. The summed E-state index contributed by atoms with van der Waals surface area (Å²) in [6, 6.07) is 7.42. The van der Waals surface area contributed by atoms with Crippen LogP contribution in [0.4, 0.5) is 5.69 Å². The van der Waals surface area contributed by atoms with Crippen molar-refractivity contribution in [2.45, 2.75) is 19.8 Å². The van der Waals surface area contributed by atoms with Crippen LogP contribution >= 0.6 is 11.6 Å². The van der Waals surface area contributed by atoms with Gasteiger partial charge in [-0.3, -0.25) is 5.10 Å². The number of nitrogens with one attached hydrogen (secondary N) is 2. The van der Waals surface area contributed by atoms with Gasteiger partial charge in [-0.1, -0.05) is 11.6 Å². The van der Waals surface area contributed by atoms with Crippen molar-refractivity contribution in [1.82, 2.24) is 10.2 Å². The quantitative estimate of drug-likeness (QED) is 0.823. The Hall–Kier alpha value is -1.99. The van der Waals surface area contributed by atoms with Gasteiger partial charge in [-0.25, -0.2) is 0 Å². The van der Waals surface area contributed by atoms with Gasteiger partial charge in [0.1, 0.15) is 6.07 Å². The maximum Gasteiger partial charge on any atom is 0.101 e. The van der Waals surface area contributed by atoms with Gasteiger partial charge < -0.3 is 5.32 Å². The van der Waals surface area contributed by atoms with E-state index in [4.69, 9.17) is 16.9 Å². The molecule has 2 rings (SSSR count). The van der Waals surface area contributed by atoms with Crippen molar-refractivity contribution in [1.29, 1.82) is 5.26 Å². The van der Waals surface area contributed by atoms with Crippen LogP contribution in [0.3, 0.4) is 0 Å². The number of aryl methyl sites for hydroxylation is 2. The Morgan fingerprint density at radius 2 is 2.32 bits per heavy atom. The summed E-state index contributed by atoms with van der Waals surface area (Å²) in [4.78, 5) is 0. The molecule has 0 radical (unpaired) electrons. The Balaban J connectivity index is 1.82. The first-order chi connectivity index (χ1) is 9.20. The molecule has 1 heterocycles. The molecule has 0 spiro atoms. The summed E-state index contributed by atoms with van der Waals surface area (Å²) in [5.74, 6) is 0. The van der Waals surface area contributed by atoms with Crippen LogP contribution in [-0.4, -0.2) is 16.7 Å². The molecule has 0 unspecified atom stereocenters. The SMILES string of the molecule is Cc1[nH]ncc1CCCNc1ccc(C#N)c(Cl)c1. The average molecular weight is 275 g/mol. The second-order valence-electron chi connectivity index (χ2n) is 4.36. The summed E-state index contributed by atoms with van der Waals surface area (Å²) in [6.07, 6.45) is 3.87. The van der Waals surface area contributed by atoms with Gasteiger partial charge in [0, 0.05) is 17.9 Å². The number of anilines is 1. The summed E-state index contributed by atoms with van der Waals surface area (Å²) in [6.45, 7) is 2.88. The number of hydrogen-bond acceptors (Lipinski definition) is 3. The van der Waals surface area contributed by atoms with E-state index in [0.29, 0.717) is 10.6 Å². The number of rotatable bonds is 5. The van der Waals surface area contributed by atoms with Gasteiger partial charge in [0.25, 0.3) is 0 Å². The number of hydrogen-bond donors (Lipinski definition) is 2. The molecule has 2 N–H and O–H groups in total. The molecule has 0 saturated heterocycles. The van der Waals surface area contributed by atoms with Crippen molar-refractivity contribution in [2.75, 3.05) is 11.9 Å². The van der Waals surface area contributed by atoms with Crippen molar-refractivity contribution in [3.63, 3.8) is 0 Å². The highest BCUT2D eigenvalue weighted by atomic mass is 35.5. The lowest BCUT2D eigenvalue weighted by Crippen LogP contribution is -2.03. The fraction of sp³-hybridized carbons (Fsp3) is 0.286. The lowest BCUT2D eigenvalue weighted by Gasteiger charge is -2.07. The maximum absolute atomic E-state index is 8.79. The van der Waals surface area contributed by atoms with Crippen LogP contribution in [0.1, 0.15) is 23.2 Å². The molecule has 4 nitrogen and oxygen atoms in total. The van der Waals surface area contributed by atoms with E-state index >= 15 is 0 Å². The van der Waals surface area contributed by atoms with E-state index < -0.39 is 0 Å². The van der Waals surface area contributed by atoms with Gasteiger partial charge in [-0.15, -0.1) is 0 Å². The molecule has 0 bridgehead atoms. The Morgan fingerprint density at radius 3 is 2.95 bits per heavy atom. The minimum atomic E-state index is 0.484. The second-order valence-corrected chi connectivity index (χ2v) is 4.76. The summed E-state index contributed by atoms with van der Waals surface area (Å²) >= 11 is 5.97. The number of H-pyrrole nitrogens is 1. The first-order valence-corrected chi connectivity index (χ1v) is 6.51. The third-order valence-electron chi connectivity index (χ3n) is 2.98. The Bertz CT molecular complexity index is 598. The molecule has 98 valence electrons. The first kappa shape index (κ1) is 13.4. The average Bonchev–Trinajstić information content (AvgIpc) is 2.80. The van der Waals surface area contributed by atoms with Crippen LogP contribution in [0.15, 0.2) is 24.4 Å². The van der Waals surface area contributed by atoms with Gasteiger partial charge in [0.2, 0.25) is 0 Å². The summed E-state index contributed by atoms with van der Waals surface area (Å²) in [5, 5.41) is 19.5. The van der Waals surface area contributed by atoms with Crippen LogP contribution in [0.25, 0.3) is 0 Å². The lowest BCUT2D eigenvalue weighted by molar-refractivity contribution is 0.857. The Labute approximate surface area is 117 Å². The number of nitrogens with zero attached hydrogens (tertiary/aromatic N) is 2. The molecule has 0 aliphatic rings. The van der Waals surface area contributed by atoms with Crippen molar-refractivity contribution < 1.29 is 0 Å². The van der Waals surface area contributed by atoms with E-state index in [1.54, 1.807) is 12.1 Å². The van der Waals surface area contributed by atoms with E-state index in [9.17, 15) is 0 Å². The molecule has 0 fully saturated rings. The molecule has 5 heteroatoms. The van der Waals surface area contributed by atoms with Gasteiger partial charge in [0.15, 0.2) is 0 Å². The zero-order chi connectivity index (χ0) is 13.7. The molecule has 19 heavy (non-hydrogen) atoms. The predicted molar refractivity (Wildman–Crippen MR) is 76.3 cm³/mol. The first-order valence-electron chi connectivity index (χ1n) is 6.13. The zero-order valence-electron chi connectivity index (χ0n) is 10.7. The summed E-state index contributed by atoms with van der Waals surface area (Å²) < 4.78 is 0. The Kier molecular flexibility index (Phi) is 4.43. The topological polar surface area (TPSA) is 64.5 Å². The maximum atomic E-state index is 8.79. The van der Waals surface area contributed by atoms with Gasteiger partial charge >= 0.3 is 0 Å². The molecule has 1 aromatic heterocycles. The van der Waals surface area contributed by atoms with Crippen LogP contribution in [0.2, 0.25) is 5.02 Å². The number of halogens is 1. The van der Waals surface area contributed by atoms with Crippen LogP contribution in [0.5, 0.6) is 0 Å². The van der Waals surface area contributed by atoms with Crippen LogP contribution < -0.4 is 5.32 Å². The molecule has 0 atom stereocenters. The van der Waals surface area contributed by atoms with E-state index in [0.717, 1.165) is 30.8 Å². The fourth-order valence-electron chi connectivity index (χ4n) is 1.85. The highest BCUT2D eigenvalue weighted by Crippen LogP contribution is 2.20. The third-order valence-corrected chi connectivity index (χ3v) is 3.29. The zero-order valence-corrected chi connectivity index (χ0v) is 11.5. The standard InChI is InChI=1S/C14H15ClN4/c1-10-12(9-18-19-10)3-2-6-17-13-5-4-11(8-16)14(15)7-13/h4-5,7,9,17H,2-3,6H2,1H3,(H,18,19). The minimum absolute atomic E-state index is 0.484. The number of aromatic amines is 1. The molecule has 0 aliphatic carbocycles. The van der Waals surface area contributed by atoms with E-state index in [2.05, 4.69) is 15.5 Å². The smallest absolute Gasteiger partial charge is 0.101 e. The van der Waals surface area contributed by atoms with Crippen molar-refractivity contribution in [2.24, 2.45) is 0 Å².